The van der Waals surface area contributed by atoms with Gasteiger partial charge in [-0.25, -0.2) is 0 Å². The molecule has 0 amide bonds. The van der Waals surface area contributed by atoms with Crippen molar-refractivity contribution in [3.63, 3.8) is 0 Å². The Bertz CT molecular complexity index is 393. The average molecular weight is 264 g/mol. The predicted octanol–water partition coefficient (Wildman–Crippen LogP) is 2.83. The summed E-state index contributed by atoms with van der Waals surface area (Å²) in [4.78, 5) is 13.3. The maximum atomic E-state index is 11.2. The van der Waals surface area contributed by atoms with Gasteiger partial charge in [-0.05, 0) is 38.0 Å². The first kappa shape index (κ1) is 15.3. The highest BCUT2D eigenvalue weighted by Gasteiger charge is 2.03. The minimum atomic E-state index is -0.0910. The van der Waals surface area contributed by atoms with Crippen molar-refractivity contribution in [2.45, 2.75) is 32.6 Å². The van der Waals surface area contributed by atoms with Crippen molar-refractivity contribution in [3.05, 3.63) is 24.3 Å². The third-order valence-corrected chi connectivity index (χ3v) is 2.99. The first-order valence-corrected chi connectivity index (χ1v) is 6.85. The first-order valence-electron chi connectivity index (χ1n) is 6.85. The summed E-state index contributed by atoms with van der Waals surface area (Å²) in [5, 5.41) is 0. The van der Waals surface area contributed by atoms with Gasteiger partial charge in [0.15, 0.2) is 0 Å². The molecule has 106 valence electrons. The second-order valence-electron chi connectivity index (χ2n) is 4.63. The number of rotatable bonds is 8. The van der Waals surface area contributed by atoms with E-state index in [9.17, 15) is 4.79 Å². The van der Waals surface area contributed by atoms with Crippen LogP contribution in [0.25, 0.3) is 0 Å². The number of carbonyl (C=O) groups excluding carboxylic acids is 1. The number of nitrogens with two attached hydrogens (primary N) is 1. The Kier molecular flexibility index (Phi) is 6.79. The Hall–Kier alpha value is -1.71. The molecule has 0 aliphatic rings. The van der Waals surface area contributed by atoms with Crippen LogP contribution in [0, 0.1) is 0 Å². The molecular formula is C15H24N2O2. The van der Waals surface area contributed by atoms with Crippen molar-refractivity contribution < 1.29 is 9.53 Å². The molecule has 0 radical (unpaired) electrons. The fourth-order valence-corrected chi connectivity index (χ4v) is 1.92. The summed E-state index contributed by atoms with van der Waals surface area (Å²) >= 11 is 0. The number of ether oxygens (including phenoxy) is 1. The second-order valence-corrected chi connectivity index (χ2v) is 4.63. The molecule has 0 aliphatic carbocycles. The summed E-state index contributed by atoms with van der Waals surface area (Å²) in [6, 6.07) is 7.87. The molecule has 1 aromatic carbocycles. The van der Waals surface area contributed by atoms with Gasteiger partial charge < -0.3 is 15.4 Å². The number of hydrogen-bond acceptors (Lipinski definition) is 4. The molecule has 0 spiro atoms. The van der Waals surface area contributed by atoms with E-state index in [1.165, 1.54) is 0 Å². The van der Waals surface area contributed by atoms with Crippen LogP contribution in [0.2, 0.25) is 0 Å². The van der Waals surface area contributed by atoms with Crippen molar-refractivity contribution in [3.8, 4) is 0 Å². The van der Waals surface area contributed by atoms with Crippen LogP contribution >= 0.6 is 0 Å². The lowest BCUT2D eigenvalue weighted by atomic mass is 10.2. The van der Waals surface area contributed by atoms with Gasteiger partial charge in [-0.1, -0.05) is 12.5 Å². The van der Waals surface area contributed by atoms with Crippen molar-refractivity contribution in [1.29, 1.82) is 0 Å². The molecule has 4 heteroatoms. The molecule has 0 heterocycles. The summed E-state index contributed by atoms with van der Waals surface area (Å²) < 4.78 is 4.89. The lowest BCUT2D eigenvalue weighted by Crippen LogP contribution is -2.18. The quantitative estimate of drug-likeness (QED) is 0.445. The van der Waals surface area contributed by atoms with Crippen molar-refractivity contribution in [1.82, 2.24) is 0 Å². The third kappa shape index (κ3) is 6.13. The van der Waals surface area contributed by atoms with Crippen molar-refractivity contribution >= 4 is 17.3 Å². The highest BCUT2D eigenvalue weighted by Crippen LogP contribution is 2.16. The van der Waals surface area contributed by atoms with E-state index in [4.69, 9.17) is 10.5 Å². The van der Waals surface area contributed by atoms with Crippen LogP contribution < -0.4 is 10.6 Å². The molecule has 0 aliphatic heterocycles. The van der Waals surface area contributed by atoms with Crippen LogP contribution in [-0.4, -0.2) is 26.2 Å². The SMILES string of the molecule is CCOC(=O)CCCCCN(C)c1cccc(N)c1. The van der Waals surface area contributed by atoms with Gasteiger partial charge in [0, 0.05) is 31.4 Å². The molecule has 0 saturated heterocycles. The number of anilines is 2. The fourth-order valence-electron chi connectivity index (χ4n) is 1.92. The molecule has 0 fully saturated rings. The smallest absolute Gasteiger partial charge is 0.305 e. The largest absolute Gasteiger partial charge is 0.466 e. The summed E-state index contributed by atoms with van der Waals surface area (Å²) in [6.45, 7) is 3.27. The Morgan fingerprint density at radius 3 is 2.79 bits per heavy atom. The monoisotopic (exact) mass is 264 g/mol. The number of carbonyl (C=O) groups is 1. The van der Waals surface area contributed by atoms with E-state index in [0.29, 0.717) is 13.0 Å². The minimum absolute atomic E-state index is 0.0910. The number of nitrogen functional groups attached to an aromatic ring is 1. The summed E-state index contributed by atoms with van der Waals surface area (Å²) in [5.74, 6) is -0.0910. The van der Waals surface area contributed by atoms with Crippen LogP contribution in [0.4, 0.5) is 11.4 Å². The van der Waals surface area contributed by atoms with Gasteiger partial charge in [-0.2, -0.15) is 0 Å². The van der Waals surface area contributed by atoms with Crippen LogP contribution in [-0.2, 0) is 9.53 Å². The molecule has 1 rings (SSSR count). The van der Waals surface area contributed by atoms with Gasteiger partial charge >= 0.3 is 5.97 Å². The lowest BCUT2D eigenvalue weighted by molar-refractivity contribution is -0.143. The minimum Gasteiger partial charge on any atom is -0.466 e. The van der Waals surface area contributed by atoms with Gasteiger partial charge in [0.25, 0.3) is 0 Å². The predicted molar refractivity (Wildman–Crippen MR) is 79.2 cm³/mol. The number of hydrogen-bond donors (Lipinski definition) is 1. The van der Waals surface area contributed by atoms with E-state index in [2.05, 4.69) is 18.0 Å². The molecule has 4 nitrogen and oxygen atoms in total. The summed E-state index contributed by atoms with van der Waals surface area (Å²) in [5.41, 5.74) is 7.67. The van der Waals surface area contributed by atoms with Crippen LogP contribution in [0.5, 0.6) is 0 Å². The molecular weight excluding hydrogens is 240 g/mol. The maximum absolute atomic E-state index is 11.2. The number of unbranched alkanes of at least 4 members (excludes halogenated alkanes) is 2. The Morgan fingerprint density at radius 1 is 1.32 bits per heavy atom. The Morgan fingerprint density at radius 2 is 2.11 bits per heavy atom. The molecule has 0 saturated carbocycles. The van der Waals surface area contributed by atoms with E-state index < -0.39 is 0 Å². The molecule has 0 unspecified atom stereocenters. The zero-order chi connectivity index (χ0) is 14.1. The third-order valence-electron chi connectivity index (χ3n) is 2.99. The van der Waals surface area contributed by atoms with E-state index in [-0.39, 0.29) is 5.97 Å². The molecule has 0 atom stereocenters. The maximum Gasteiger partial charge on any atom is 0.305 e. The first-order chi connectivity index (χ1) is 9.13. The highest BCUT2D eigenvalue weighted by molar-refractivity contribution is 5.69. The topological polar surface area (TPSA) is 55.6 Å². The standard InChI is InChI=1S/C15H24N2O2/c1-3-19-15(18)10-5-4-6-11-17(2)14-9-7-8-13(16)12-14/h7-9,12H,3-6,10-11,16H2,1-2H3. The lowest BCUT2D eigenvalue weighted by Gasteiger charge is -2.19. The fraction of sp³-hybridized carbons (Fsp3) is 0.533. The highest BCUT2D eigenvalue weighted by atomic mass is 16.5. The van der Waals surface area contributed by atoms with E-state index in [1.54, 1.807) is 0 Å². The van der Waals surface area contributed by atoms with E-state index in [1.807, 2.05) is 25.1 Å². The summed E-state index contributed by atoms with van der Waals surface area (Å²) in [6.07, 6.45) is 3.51. The number of nitrogens with zero attached hydrogens (tertiary/aromatic N) is 1. The molecule has 1 aromatic rings. The van der Waals surface area contributed by atoms with Crippen molar-refractivity contribution in [2.75, 3.05) is 30.8 Å². The molecule has 0 aromatic heterocycles. The number of esters is 1. The van der Waals surface area contributed by atoms with Gasteiger partial charge in [0.1, 0.15) is 0 Å². The van der Waals surface area contributed by atoms with Crippen LogP contribution in [0.1, 0.15) is 32.6 Å². The van der Waals surface area contributed by atoms with Crippen LogP contribution in [0.3, 0.4) is 0 Å². The molecule has 19 heavy (non-hydrogen) atoms. The average Bonchev–Trinajstić information content (AvgIpc) is 2.38. The van der Waals surface area contributed by atoms with Gasteiger partial charge in [0.05, 0.1) is 6.61 Å². The molecule has 0 bridgehead atoms. The zero-order valence-corrected chi connectivity index (χ0v) is 11.9. The van der Waals surface area contributed by atoms with Gasteiger partial charge in [-0.15, -0.1) is 0 Å². The Labute approximate surface area is 115 Å². The van der Waals surface area contributed by atoms with Crippen LogP contribution in [0.15, 0.2) is 24.3 Å². The van der Waals surface area contributed by atoms with E-state index in [0.717, 1.165) is 37.2 Å². The molecule has 2 N–H and O–H groups in total. The number of benzene rings is 1. The Balaban J connectivity index is 2.17. The van der Waals surface area contributed by atoms with Gasteiger partial charge in [0.2, 0.25) is 0 Å². The normalized spacial score (nSPS) is 10.2. The van der Waals surface area contributed by atoms with Gasteiger partial charge in [-0.3, -0.25) is 4.79 Å². The summed E-state index contributed by atoms with van der Waals surface area (Å²) in [7, 11) is 2.06. The zero-order valence-electron chi connectivity index (χ0n) is 11.9. The second kappa shape index (κ2) is 8.40. The van der Waals surface area contributed by atoms with Crippen molar-refractivity contribution in [2.24, 2.45) is 0 Å². The van der Waals surface area contributed by atoms with E-state index >= 15 is 0 Å².